The third-order valence-corrected chi connectivity index (χ3v) is 1.89. The van der Waals surface area contributed by atoms with Crippen molar-refractivity contribution in [3.8, 4) is 11.5 Å². The number of benzene rings is 1. The Morgan fingerprint density at radius 3 is 2.77 bits per heavy atom. The molecule has 0 saturated carbocycles. The van der Waals surface area contributed by atoms with Crippen LogP contribution in [0.15, 0.2) is 18.2 Å². The second kappa shape index (κ2) is 4.11. The molecule has 1 aromatic carbocycles. The monoisotopic (exact) mass is 182 g/mol. The molecule has 0 aliphatic heterocycles. The van der Waals surface area contributed by atoms with E-state index in [1.165, 1.54) is 7.11 Å². The minimum Gasteiger partial charge on any atom is -0.507 e. The van der Waals surface area contributed by atoms with Gasteiger partial charge in [-0.15, -0.1) is 0 Å². The SMILES string of the molecule is COc1cccc(O)c1[C@H](N)CN. The summed E-state index contributed by atoms with van der Waals surface area (Å²) in [7, 11) is 1.53. The van der Waals surface area contributed by atoms with Gasteiger partial charge in [-0.2, -0.15) is 0 Å². The largest absolute Gasteiger partial charge is 0.507 e. The molecular formula is C9H14N2O2. The van der Waals surface area contributed by atoms with E-state index in [0.717, 1.165) is 0 Å². The number of phenols is 1. The first-order valence-corrected chi connectivity index (χ1v) is 4.02. The molecule has 0 aromatic heterocycles. The highest BCUT2D eigenvalue weighted by Gasteiger charge is 2.14. The first kappa shape index (κ1) is 9.83. The van der Waals surface area contributed by atoms with Gasteiger partial charge in [0, 0.05) is 12.6 Å². The van der Waals surface area contributed by atoms with E-state index in [1.807, 2.05) is 0 Å². The molecule has 1 atom stereocenters. The number of nitrogens with two attached hydrogens (primary N) is 2. The molecule has 0 aliphatic rings. The average molecular weight is 182 g/mol. The molecule has 0 fully saturated rings. The smallest absolute Gasteiger partial charge is 0.127 e. The number of rotatable bonds is 3. The molecule has 0 bridgehead atoms. The van der Waals surface area contributed by atoms with Crippen molar-refractivity contribution in [2.75, 3.05) is 13.7 Å². The van der Waals surface area contributed by atoms with Crippen LogP contribution in [0.5, 0.6) is 11.5 Å². The summed E-state index contributed by atoms with van der Waals surface area (Å²) in [6.45, 7) is 0.272. The quantitative estimate of drug-likeness (QED) is 0.630. The van der Waals surface area contributed by atoms with Crippen LogP contribution >= 0.6 is 0 Å². The van der Waals surface area contributed by atoms with Gasteiger partial charge in [0.2, 0.25) is 0 Å². The fraction of sp³-hybridized carbons (Fsp3) is 0.333. The van der Waals surface area contributed by atoms with Crippen LogP contribution in [0, 0.1) is 0 Å². The minimum absolute atomic E-state index is 0.123. The van der Waals surface area contributed by atoms with Gasteiger partial charge in [-0.3, -0.25) is 0 Å². The maximum Gasteiger partial charge on any atom is 0.127 e. The predicted octanol–water partition coefficient (Wildman–Crippen LogP) is 0.359. The zero-order chi connectivity index (χ0) is 9.84. The second-order valence-corrected chi connectivity index (χ2v) is 2.74. The number of methoxy groups -OCH3 is 1. The zero-order valence-corrected chi connectivity index (χ0v) is 7.53. The number of aromatic hydroxyl groups is 1. The van der Waals surface area contributed by atoms with Gasteiger partial charge in [0.15, 0.2) is 0 Å². The van der Waals surface area contributed by atoms with Gasteiger partial charge in [-0.05, 0) is 12.1 Å². The molecule has 0 saturated heterocycles. The Hall–Kier alpha value is -1.26. The Morgan fingerprint density at radius 1 is 1.54 bits per heavy atom. The normalized spacial score (nSPS) is 12.5. The maximum absolute atomic E-state index is 9.51. The highest BCUT2D eigenvalue weighted by atomic mass is 16.5. The van der Waals surface area contributed by atoms with Crippen LogP contribution < -0.4 is 16.2 Å². The minimum atomic E-state index is -0.392. The van der Waals surface area contributed by atoms with E-state index >= 15 is 0 Å². The molecule has 13 heavy (non-hydrogen) atoms. The predicted molar refractivity (Wildman–Crippen MR) is 50.6 cm³/mol. The van der Waals surface area contributed by atoms with Crippen LogP contribution in [0.25, 0.3) is 0 Å². The molecule has 4 nitrogen and oxygen atoms in total. The molecule has 0 amide bonds. The van der Waals surface area contributed by atoms with Crippen molar-refractivity contribution in [3.05, 3.63) is 23.8 Å². The summed E-state index contributed by atoms with van der Waals surface area (Å²) >= 11 is 0. The number of phenolic OH excluding ortho intramolecular Hbond substituents is 1. The van der Waals surface area contributed by atoms with E-state index in [-0.39, 0.29) is 12.3 Å². The van der Waals surface area contributed by atoms with Crippen molar-refractivity contribution in [1.82, 2.24) is 0 Å². The van der Waals surface area contributed by atoms with Crippen LogP contribution in [-0.2, 0) is 0 Å². The topological polar surface area (TPSA) is 81.5 Å². The third-order valence-electron chi connectivity index (χ3n) is 1.89. The van der Waals surface area contributed by atoms with E-state index in [1.54, 1.807) is 18.2 Å². The zero-order valence-electron chi connectivity index (χ0n) is 7.53. The highest BCUT2D eigenvalue weighted by Crippen LogP contribution is 2.31. The Kier molecular flexibility index (Phi) is 3.11. The van der Waals surface area contributed by atoms with Gasteiger partial charge in [-0.25, -0.2) is 0 Å². The van der Waals surface area contributed by atoms with E-state index in [0.29, 0.717) is 11.3 Å². The molecule has 0 spiro atoms. The maximum atomic E-state index is 9.51. The highest BCUT2D eigenvalue weighted by molar-refractivity contribution is 5.46. The van der Waals surface area contributed by atoms with E-state index in [2.05, 4.69) is 0 Å². The van der Waals surface area contributed by atoms with Crippen LogP contribution in [-0.4, -0.2) is 18.8 Å². The summed E-state index contributed by atoms with van der Waals surface area (Å²) < 4.78 is 5.05. The van der Waals surface area contributed by atoms with Crippen molar-refractivity contribution in [1.29, 1.82) is 0 Å². The van der Waals surface area contributed by atoms with Gasteiger partial charge in [0.25, 0.3) is 0 Å². The van der Waals surface area contributed by atoms with Crippen molar-refractivity contribution in [2.24, 2.45) is 11.5 Å². The fourth-order valence-electron chi connectivity index (χ4n) is 1.20. The van der Waals surface area contributed by atoms with Crippen LogP contribution in [0.4, 0.5) is 0 Å². The molecular weight excluding hydrogens is 168 g/mol. The lowest BCUT2D eigenvalue weighted by molar-refractivity contribution is 0.394. The van der Waals surface area contributed by atoms with Crippen molar-refractivity contribution < 1.29 is 9.84 Å². The summed E-state index contributed by atoms with van der Waals surface area (Å²) in [6, 6.07) is 4.61. The van der Waals surface area contributed by atoms with Gasteiger partial charge in [0.05, 0.1) is 12.7 Å². The molecule has 1 rings (SSSR count). The van der Waals surface area contributed by atoms with Crippen LogP contribution in [0.3, 0.4) is 0 Å². The third kappa shape index (κ3) is 1.91. The average Bonchev–Trinajstić information content (AvgIpc) is 2.16. The molecule has 0 aliphatic carbocycles. The number of hydrogen-bond acceptors (Lipinski definition) is 4. The summed E-state index contributed by atoms with van der Waals surface area (Å²) in [6.07, 6.45) is 0. The lowest BCUT2D eigenvalue weighted by Crippen LogP contribution is -2.21. The summed E-state index contributed by atoms with van der Waals surface area (Å²) in [4.78, 5) is 0. The van der Waals surface area contributed by atoms with E-state index < -0.39 is 6.04 Å². The second-order valence-electron chi connectivity index (χ2n) is 2.74. The molecule has 0 radical (unpaired) electrons. The van der Waals surface area contributed by atoms with Gasteiger partial charge >= 0.3 is 0 Å². The van der Waals surface area contributed by atoms with Crippen molar-refractivity contribution >= 4 is 0 Å². The lowest BCUT2D eigenvalue weighted by Gasteiger charge is -2.14. The standard InChI is InChI=1S/C9H14N2O2/c1-13-8-4-2-3-7(12)9(8)6(11)5-10/h2-4,6,12H,5,10-11H2,1H3/t6-/m1/s1. The molecule has 1 aromatic rings. The van der Waals surface area contributed by atoms with Crippen LogP contribution in [0.2, 0.25) is 0 Å². The first-order chi connectivity index (χ1) is 6.20. The van der Waals surface area contributed by atoms with Crippen LogP contribution in [0.1, 0.15) is 11.6 Å². The van der Waals surface area contributed by atoms with Crippen molar-refractivity contribution in [2.45, 2.75) is 6.04 Å². The lowest BCUT2D eigenvalue weighted by atomic mass is 10.1. The van der Waals surface area contributed by atoms with E-state index in [4.69, 9.17) is 16.2 Å². The molecule has 5 N–H and O–H groups in total. The Balaban J connectivity index is 3.14. The number of ether oxygens (including phenoxy) is 1. The van der Waals surface area contributed by atoms with E-state index in [9.17, 15) is 5.11 Å². The summed E-state index contributed by atoms with van der Waals surface area (Å²) in [5, 5.41) is 9.51. The Bertz CT molecular complexity index is 289. The van der Waals surface area contributed by atoms with Crippen molar-refractivity contribution in [3.63, 3.8) is 0 Å². The molecule has 4 heteroatoms. The Labute approximate surface area is 77.1 Å². The van der Waals surface area contributed by atoms with Gasteiger partial charge in [0.1, 0.15) is 11.5 Å². The van der Waals surface area contributed by atoms with Gasteiger partial charge < -0.3 is 21.3 Å². The number of hydrogen-bond donors (Lipinski definition) is 3. The molecule has 0 unspecified atom stereocenters. The first-order valence-electron chi connectivity index (χ1n) is 4.02. The molecule has 72 valence electrons. The Morgan fingerprint density at radius 2 is 2.23 bits per heavy atom. The fourth-order valence-corrected chi connectivity index (χ4v) is 1.20. The summed E-state index contributed by atoms with van der Waals surface area (Å²) in [5.41, 5.74) is 11.7. The van der Waals surface area contributed by atoms with Gasteiger partial charge in [-0.1, -0.05) is 6.07 Å². The molecule has 0 heterocycles. The summed E-state index contributed by atoms with van der Waals surface area (Å²) in [5.74, 6) is 0.690.